The summed E-state index contributed by atoms with van der Waals surface area (Å²) in [5, 5.41) is 3.01. The smallest absolute Gasteiger partial charge is 0.320 e. The van der Waals surface area contributed by atoms with Crippen molar-refractivity contribution in [3.05, 3.63) is 29.8 Å². The highest BCUT2D eigenvalue weighted by atomic mass is 16.2. The molecule has 0 aliphatic rings. The number of hydrogen-bond donors (Lipinski definition) is 1. The molecule has 0 radical (unpaired) electrons. The number of aryl methyl sites for hydroxylation is 1. The van der Waals surface area contributed by atoms with Gasteiger partial charge in [0.15, 0.2) is 0 Å². The second-order valence-corrected chi connectivity index (χ2v) is 5.04. The van der Waals surface area contributed by atoms with Crippen molar-refractivity contribution in [3.63, 3.8) is 0 Å². The van der Waals surface area contributed by atoms with Gasteiger partial charge in [0.25, 0.3) is 0 Å². The molecule has 0 aliphatic heterocycles. The summed E-state index contributed by atoms with van der Waals surface area (Å²) >= 11 is 0. The molecule has 1 aromatic carbocycles. The van der Waals surface area contributed by atoms with Crippen molar-refractivity contribution in [2.24, 2.45) is 0 Å². The summed E-state index contributed by atoms with van der Waals surface area (Å²) in [4.78, 5) is 14.1. The van der Waals surface area contributed by atoms with Crippen LogP contribution in [-0.4, -0.2) is 23.0 Å². The van der Waals surface area contributed by atoms with Gasteiger partial charge in [-0.3, -0.25) is 0 Å². The Labute approximate surface area is 110 Å². The topological polar surface area (TPSA) is 32.3 Å². The molecule has 0 aromatic heterocycles. The minimum absolute atomic E-state index is 0.0269. The number of rotatable bonds is 4. The summed E-state index contributed by atoms with van der Waals surface area (Å²) in [6.07, 6.45) is 0.916. The van der Waals surface area contributed by atoms with Gasteiger partial charge in [0.2, 0.25) is 0 Å². The fraction of sp³-hybridized carbons (Fsp3) is 0.533. The van der Waals surface area contributed by atoms with Crippen LogP contribution in [0.5, 0.6) is 0 Å². The van der Waals surface area contributed by atoms with Crippen molar-refractivity contribution in [1.82, 2.24) is 4.90 Å². The minimum Gasteiger partial charge on any atom is -0.320 e. The minimum atomic E-state index is -0.0269. The molecule has 0 saturated carbocycles. The summed E-state index contributed by atoms with van der Waals surface area (Å²) in [5.41, 5.74) is 2.08. The highest BCUT2D eigenvalue weighted by Crippen LogP contribution is 2.17. The normalized spacial score (nSPS) is 10.8. The lowest BCUT2D eigenvalue weighted by atomic mass is 10.1. The zero-order valence-corrected chi connectivity index (χ0v) is 12.0. The quantitative estimate of drug-likeness (QED) is 0.861. The average Bonchev–Trinajstić information content (AvgIpc) is 2.28. The average molecular weight is 248 g/mol. The van der Waals surface area contributed by atoms with Crippen LogP contribution in [0, 0.1) is 0 Å². The predicted molar refractivity (Wildman–Crippen MR) is 76.9 cm³/mol. The van der Waals surface area contributed by atoms with E-state index in [-0.39, 0.29) is 18.1 Å². The zero-order valence-electron chi connectivity index (χ0n) is 12.0. The molecule has 3 heteroatoms. The molecule has 0 fully saturated rings. The van der Waals surface area contributed by atoms with Crippen LogP contribution in [0.1, 0.15) is 40.2 Å². The Balaban J connectivity index is 2.86. The van der Waals surface area contributed by atoms with Crippen LogP contribution < -0.4 is 5.32 Å². The number of hydrogen-bond acceptors (Lipinski definition) is 1. The molecule has 18 heavy (non-hydrogen) atoms. The van der Waals surface area contributed by atoms with Gasteiger partial charge in [-0.25, -0.2) is 4.79 Å². The molecule has 0 unspecified atom stereocenters. The van der Waals surface area contributed by atoms with Crippen molar-refractivity contribution in [2.75, 3.05) is 5.32 Å². The van der Waals surface area contributed by atoms with E-state index in [1.54, 1.807) is 0 Å². The van der Waals surface area contributed by atoms with Gasteiger partial charge >= 0.3 is 6.03 Å². The number of urea groups is 1. The van der Waals surface area contributed by atoms with Crippen LogP contribution in [0.2, 0.25) is 0 Å². The number of nitrogens with zero attached hydrogens (tertiary/aromatic N) is 1. The largest absolute Gasteiger partial charge is 0.322 e. The van der Waals surface area contributed by atoms with Crippen LogP contribution >= 0.6 is 0 Å². The van der Waals surface area contributed by atoms with E-state index in [0.717, 1.165) is 12.1 Å². The third-order valence-corrected chi connectivity index (χ3v) is 2.99. The standard InChI is InChI=1S/C15H24N2O/c1-6-13-9-7-8-10-14(13)16-15(18)17(11(2)3)12(4)5/h7-12H,6H2,1-5H3,(H,16,18). The molecule has 0 atom stereocenters. The number of anilines is 1. The molecule has 0 heterocycles. The summed E-state index contributed by atoms with van der Waals surface area (Å²) in [5.74, 6) is 0. The lowest BCUT2D eigenvalue weighted by molar-refractivity contribution is 0.178. The highest BCUT2D eigenvalue weighted by molar-refractivity contribution is 5.90. The van der Waals surface area contributed by atoms with E-state index in [4.69, 9.17) is 0 Å². The van der Waals surface area contributed by atoms with Crippen molar-refractivity contribution in [2.45, 2.75) is 53.1 Å². The van der Waals surface area contributed by atoms with Gasteiger partial charge in [-0.1, -0.05) is 25.1 Å². The van der Waals surface area contributed by atoms with Crippen molar-refractivity contribution in [3.8, 4) is 0 Å². The van der Waals surface area contributed by atoms with E-state index in [1.165, 1.54) is 5.56 Å². The van der Waals surface area contributed by atoms with E-state index in [9.17, 15) is 4.79 Å². The molecule has 1 N–H and O–H groups in total. The molecule has 1 aromatic rings. The Morgan fingerprint density at radius 1 is 1.17 bits per heavy atom. The first-order valence-electron chi connectivity index (χ1n) is 6.64. The van der Waals surface area contributed by atoms with Crippen LogP contribution in [0.4, 0.5) is 10.5 Å². The second-order valence-electron chi connectivity index (χ2n) is 5.04. The monoisotopic (exact) mass is 248 g/mol. The maximum Gasteiger partial charge on any atom is 0.322 e. The fourth-order valence-electron chi connectivity index (χ4n) is 2.20. The Morgan fingerprint density at radius 3 is 2.22 bits per heavy atom. The lowest BCUT2D eigenvalue weighted by Gasteiger charge is -2.31. The van der Waals surface area contributed by atoms with Gasteiger partial charge in [0.05, 0.1) is 0 Å². The van der Waals surface area contributed by atoms with E-state index in [0.29, 0.717) is 0 Å². The number of carbonyl (C=O) groups excluding carboxylic acids is 1. The SMILES string of the molecule is CCc1ccccc1NC(=O)N(C(C)C)C(C)C. The molecule has 0 saturated heterocycles. The number of carbonyl (C=O) groups is 1. The Bertz CT molecular complexity index is 391. The van der Waals surface area contributed by atoms with Crippen molar-refractivity contribution >= 4 is 11.7 Å². The first kappa shape index (κ1) is 14.6. The maximum atomic E-state index is 12.3. The van der Waals surface area contributed by atoms with E-state index < -0.39 is 0 Å². The third-order valence-electron chi connectivity index (χ3n) is 2.99. The van der Waals surface area contributed by atoms with Crippen LogP contribution in [-0.2, 0) is 6.42 Å². The number of benzene rings is 1. The predicted octanol–water partition coefficient (Wildman–Crippen LogP) is 3.90. The number of amides is 2. The van der Waals surface area contributed by atoms with E-state index >= 15 is 0 Å². The van der Waals surface area contributed by atoms with Gasteiger partial charge in [-0.2, -0.15) is 0 Å². The summed E-state index contributed by atoms with van der Waals surface area (Å²) < 4.78 is 0. The molecule has 3 nitrogen and oxygen atoms in total. The lowest BCUT2D eigenvalue weighted by Crippen LogP contribution is -2.44. The molecule has 0 spiro atoms. The molecule has 2 amide bonds. The van der Waals surface area contributed by atoms with Gasteiger partial charge in [-0.15, -0.1) is 0 Å². The van der Waals surface area contributed by atoms with Gasteiger partial charge in [0, 0.05) is 17.8 Å². The Hall–Kier alpha value is -1.51. The van der Waals surface area contributed by atoms with Crippen LogP contribution in [0.3, 0.4) is 0 Å². The van der Waals surface area contributed by atoms with Crippen molar-refractivity contribution < 1.29 is 4.79 Å². The fourth-order valence-corrected chi connectivity index (χ4v) is 2.20. The summed E-state index contributed by atoms with van der Waals surface area (Å²) in [7, 11) is 0. The molecule has 1 rings (SSSR count). The van der Waals surface area contributed by atoms with Gasteiger partial charge < -0.3 is 10.2 Å². The Morgan fingerprint density at radius 2 is 1.72 bits per heavy atom. The molecular weight excluding hydrogens is 224 g/mol. The molecule has 100 valence electrons. The maximum absolute atomic E-state index is 12.3. The third kappa shape index (κ3) is 3.49. The number of nitrogens with one attached hydrogen (secondary N) is 1. The summed E-state index contributed by atoms with van der Waals surface area (Å²) in [6, 6.07) is 8.31. The number of para-hydroxylation sites is 1. The van der Waals surface area contributed by atoms with Gasteiger partial charge in [0.1, 0.15) is 0 Å². The van der Waals surface area contributed by atoms with Crippen LogP contribution in [0.25, 0.3) is 0 Å². The first-order valence-corrected chi connectivity index (χ1v) is 6.64. The van der Waals surface area contributed by atoms with E-state index in [2.05, 4.69) is 12.2 Å². The van der Waals surface area contributed by atoms with E-state index in [1.807, 2.05) is 56.9 Å². The summed E-state index contributed by atoms with van der Waals surface area (Å²) in [6.45, 7) is 10.2. The Kier molecular flexibility index (Phi) is 5.20. The highest BCUT2D eigenvalue weighted by Gasteiger charge is 2.20. The molecule has 0 bridgehead atoms. The first-order chi connectivity index (χ1) is 8.47. The molecule has 0 aliphatic carbocycles. The van der Waals surface area contributed by atoms with Gasteiger partial charge in [-0.05, 0) is 45.7 Å². The molecular formula is C15H24N2O. The second kappa shape index (κ2) is 6.43. The van der Waals surface area contributed by atoms with Crippen molar-refractivity contribution in [1.29, 1.82) is 0 Å². The van der Waals surface area contributed by atoms with Crippen LogP contribution in [0.15, 0.2) is 24.3 Å². The zero-order chi connectivity index (χ0) is 13.7.